The number of nitrogens with one attached hydrogen (secondary N) is 1. The van der Waals surface area contributed by atoms with E-state index in [9.17, 15) is 9.59 Å². The van der Waals surface area contributed by atoms with Gasteiger partial charge in [0.25, 0.3) is 11.8 Å². The summed E-state index contributed by atoms with van der Waals surface area (Å²) in [5.41, 5.74) is 2.76. The molecule has 0 radical (unpaired) electrons. The Morgan fingerprint density at radius 1 is 0.459 bits per heavy atom. The van der Waals surface area contributed by atoms with E-state index in [0.717, 1.165) is 22.6 Å². The lowest BCUT2D eigenvalue weighted by atomic mass is 9.95. The Bertz CT molecular complexity index is 4280. The largest absolute Gasteiger partial charge is 0.307 e. The van der Waals surface area contributed by atoms with Crippen LogP contribution in [-0.2, 0) is 22.4 Å². The minimum absolute atomic E-state index is 0.0344. The molecule has 18 heteroatoms. The number of benzene rings is 1. The van der Waals surface area contributed by atoms with Crippen molar-refractivity contribution < 1.29 is 9.59 Å². The van der Waals surface area contributed by atoms with Crippen LogP contribution >= 0.6 is 161 Å². The number of carbonyl (C=O) groups excluding carboxylic acids is 2. The Kier molecular flexibility index (Phi) is 18.5. The topological polar surface area (TPSA) is 49.4 Å². The van der Waals surface area contributed by atoms with Crippen molar-refractivity contribution in [1.29, 1.82) is 0 Å². The molecule has 432 valence electrons. The SMILES string of the molecule is CCCCC(CC)Cc1ccc(-c2c3cc(-c4ccc(-c5ccc(-c6ccc(/C=C7\SC(=S)N(C)C7=O)s6)s5)s4)sc3c(-c3ccc(CC(CC)CCCC)s3)c3cc(-c4ccc(-c5ccc(-c6ccc(/C=C7\SC(=S)NC7=O)s6)s5)s4)sc23)s1. The fourth-order valence-electron chi connectivity index (χ4n) is 11.0. The molecule has 0 saturated carbocycles. The zero-order valence-corrected chi connectivity index (χ0v) is 58.7. The monoisotopic (exact) mass is 1370 g/mol. The number of likely N-dealkylation sites (N-methyl/N-ethyl adjacent to an activating group) is 1. The lowest BCUT2D eigenvalue weighted by Crippen LogP contribution is -2.22. The highest BCUT2D eigenvalue weighted by atomic mass is 32.2. The number of thioether (sulfide) groups is 2. The van der Waals surface area contributed by atoms with E-state index in [4.69, 9.17) is 24.4 Å². The van der Waals surface area contributed by atoms with Gasteiger partial charge < -0.3 is 5.32 Å². The molecule has 2 aliphatic rings. The summed E-state index contributed by atoms with van der Waals surface area (Å²) in [4.78, 5) is 51.0. The maximum Gasteiger partial charge on any atom is 0.265 e. The summed E-state index contributed by atoms with van der Waals surface area (Å²) in [5, 5.41) is 5.45. The Morgan fingerprint density at radius 2 is 0.847 bits per heavy atom. The molecule has 2 unspecified atom stereocenters. The van der Waals surface area contributed by atoms with Crippen LogP contribution in [0.4, 0.5) is 0 Å². The van der Waals surface area contributed by atoms with Crippen LogP contribution in [0, 0.1) is 11.8 Å². The van der Waals surface area contributed by atoms with Crippen LogP contribution in [0.3, 0.4) is 0 Å². The van der Waals surface area contributed by atoms with Crippen LogP contribution in [0.5, 0.6) is 0 Å². The molecule has 13 rings (SSSR count). The Balaban J connectivity index is 0.888. The molecule has 2 atom stereocenters. The van der Waals surface area contributed by atoms with Crippen molar-refractivity contribution in [3.63, 3.8) is 0 Å². The second-order valence-electron chi connectivity index (χ2n) is 21.4. The van der Waals surface area contributed by atoms with Crippen LogP contribution in [0.2, 0.25) is 0 Å². The number of carbonyl (C=O) groups is 2. The number of hydrogen-bond acceptors (Lipinski definition) is 16. The number of thiocarbonyl (C=S) groups is 2. The first-order valence-corrected chi connectivity index (χ1v) is 39.3. The van der Waals surface area contributed by atoms with Crippen molar-refractivity contribution in [1.82, 2.24) is 10.2 Å². The Hall–Kier alpha value is -3.96. The van der Waals surface area contributed by atoms with Crippen LogP contribution in [-0.4, -0.2) is 32.4 Å². The fourth-order valence-corrected chi connectivity index (χ4v) is 24.7. The number of rotatable bonds is 22. The summed E-state index contributed by atoms with van der Waals surface area (Å²) in [5.74, 6) is 1.23. The fraction of sp³-hybridized carbons (Fsp3) is 0.254. The van der Waals surface area contributed by atoms with Crippen molar-refractivity contribution >= 4 is 214 Å². The van der Waals surface area contributed by atoms with Gasteiger partial charge in [-0.2, -0.15) is 0 Å². The standard InChI is InChI=1S/C67H58N2O2S14/c1-6-10-12-36(8-3)30-38-16-20-54(76-38)60-42-34-56(52-28-26-50(80-52)48-24-22-46(78-48)44-18-14-40(74-44)32-58-64(70)68-66(72)84-58)82-62(42)61(55-21-17-39(77-55)31-37(9-4)13-11-7-2)43-35-57(83-63(43)60)53-29-27-51(81-53)49-25-23-47(79-49)45-19-15-41(75-45)33-59-65(71)69(5)67(73)85-59/h14-29,32-37H,6-13,30-31H2,1-5H3,(H,68,70,72)/b58-32-,59-33-. The molecule has 10 aromatic heterocycles. The van der Waals surface area contributed by atoms with Gasteiger partial charge in [-0.15, -0.1) is 113 Å². The second kappa shape index (κ2) is 26.2. The van der Waals surface area contributed by atoms with Gasteiger partial charge in [0.1, 0.15) is 8.64 Å². The molecule has 12 heterocycles. The number of fused-ring (bicyclic) bond motifs is 2. The third-order valence-electron chi connectivity index (χ3n) is 15.6. The number of amides is 2. The van der Waals surface area contributed by atoms with Gasteiger partial charge in [0.05, 0.1) is 9.81 Å². The maximum absolute atomic E-state index is 12.8. The quantitative estimate of drug-likeness (QED) is 0.0539. The molecule has 11 aromatic rings. The minimum atomic E-state index is -0.122. The van der Waals surface area contributed by atoms with Gasteiger partial charge in [-0.1, -0.05) is 127 Å². The van der Waals surface area contributed by atoms with Gasteiger partial charge >= 0.3 is 0 Å². The van der Waals surface area contributed by atoms with Gasteiger partial charge in [-0.25, -0.2) is 0 Å². The predicted molar refractivity (Wildman–Crippen MR) is 395 cm³/mol. The van der Waals surface area contributed by atoms with Crippen LogP contribution in [0.15, 0.2) is 119 Å². The molecular formula is C67H58N2O2S14. The van der Waals surface area contributed by atoms with Crippen molar-refractivity contribution in [2.75, 3.05) is 7.05 Å². The molecule has 1 N–H and O–H groups in total. The summed E-state index contributed by atoms with van der Waals surface area (Å²) in [6.45, 7) is 9.37. The lowest BCUT2D eigenvalue weighted by Gasteiger charge is -2.13. The molecule has 85 heavy (non-hydrogen) atoms. The third kappa shape index (κ3) is 12.7. The van der Waals surface area contributed by atoms with Gasteiger partial charge in [-0.05, 0) is 146 Å². The predicted octanol–water partition coefficient (Wildman–Crippen LogP) is 24.8. The third-order valence-corrected chi connectivity index (χ3v) is 30.4. The Morgan fingerprint density at radius 3 is 1.22 bits per heavy atom. The van der Waals surface area contributed by atoms with Gasteiger partial charge in [0, 0.05) is 126 Å². The van der Waals surface area contributed by atoms with E-state index in [1.165, 1.54) is 184 Å². The molecule has 2 aliphatic heterocycles. The zero-order valence-electron chi connectivity index (χ0n) is 47.3. The van der Waals surface area contributed by atoms with Gasteiger partial charge in [0.15, 0.2) is 0 Å². The zero-order chi connectivity index (χ0) is 58.5. The van der Waals surface area contributed by atoms with Gasteiger partial charge in [-0.3, -0.25) is 14.5 Å². The summed E-state index contributed by atoms with van der Waals surface area (Å²) in [6.07, 6.45) is 16.2. The molecule has 1 aromatic carbocycles. The normalized spacial score (nSPS) is 15.6. The van der Waals surface area contributed by atoms with E-state index < -0.39 is 0 Å². The van der Waals surface area contributed by atoms with E-state index in [1.54, 1.807) is 34.6 Å². The lowest BCUT2D eigenvalue weighted by molar-refractivity contribution is -0.121. The molecule has 0 bridgehead atoms. The molecule has 0 spiro atoms. The summed E-state index contributed by atoms with van der Waals surface area (Å²) < 4.78 is 3.86. The van der Waals surface area contributed by atoms with Crippen molar-refractivity contribution in [3.8, 4) is 79.4 Å². The second-order valence-corrected chi connectivity index (χ2v) is 35.8. The number of nitrogens with zero attached hydrogens (tertiary/aromatic N) is 1. The highest BCUT2D eigenvalue weighted by Crippen LogP contribution is 2.56. The van der Waals surface area contributed by atoms with Crippen LogP contribution in [0.25, 0.3) is 112 Å². The van der Waals surface area contributed by atoms with E-state index in [1.807, 2.05) is 103 Å². The molecule has 0 aliphatic carbocycles. The summed E-state index contributed by atoms with van der Waals surface area (Å²) in [7, 11) is 1.74. The highest BCUT2D eigenvalue weighted by Gasteiger charge is 2.30. The average Bonchev–Trinajstić information content (AvgIpc) is 1.71. The first-order valence-electron chi connectivity index (χ1n) is 28.7. The smallest absolute Gasteiger partial charge is 0.265 e. The van der Waals surface area contributed by atoms with Crippen LogP contribution in [0.1, 0.15) is 98.6 Å². The minimum Gasteiger partial charge on any atom is -0.307 e. The number of thiophene rings is 10. The van der Waals surface area contributed by atoms with E-state index >= 15 is 0 Å². The first kappa shape index (κ1) is 60.0. The van der Waals surface area contributed by atoms with E-state index in [-0.39, 0.29) is 11.8 Å². The number of hydrogen-bond donors (Lipinski definition) is 1. The maximum atomic E-state index is 12.8. The summed E-state index contributed by atoms with van der Waals surface area (Å²) in [6, 6.07) is 41.7. The number of unbranched alkanes of at least 4 members (excludes halogenated alkanes) is 2. The molecule has 4 nitrogen and oxygen atoms in total. The van der Waals surface area contributed by atoms with Crippen LogP contribution < -0.4 is 5.32 Å². The van der Waals surface area contributed by atoms with E-state index in [2.05, 4.69) is 142 Å². The molecular weight excluding hydrogens is 1310 g/mol. The van der Waals surface area contributed by atoms with Gasteiger partial charge in [0.2, 0.25) is 0 Å². The van der Waals surface area contributed by atoms with Crippen molar-refractivity contribution in [2.24, 2.45) is 11.8 Å². The van der Waals surface area contributed by atoms with Crippen molar-refractivity contribution in [2.45, 2.75) is 91.9 Å². The molecule has 2 saturated heterocycles. The highest BCUT2D eigenvalue weighted by molar-refractivity contribution is 8.27. The molecule has 2 amide bonds. The Labute approximate surface area is 556 Å². The van der Waals surface area contributed by atoms with Crippen molar-refractivity contribution in [3.05, 3.63) is 139 Å². The van der Waals surface area contributed by atoms with E-state index in [0.29, 0.717) is 30.3 Å². The first-order chi connectivity index (χ1) is 41.4. The average molecular weight is 1370 g/mol. The summed E-state index contributed by atoms with van der Waals surface area (Å²) >= 11 is 32.2. The molecule has 2 fully saturated rings.